The number of benzene rings is 2. The van der Waals surface area contributed by atoms with Gasteiger partial charge in [-0.15, -0.1) is 11.3 Å². The van der Waals surface area contributed by atoms with E-state index in [1.165, 1.54) is 16.9 Å². The van der Waals surface area contributed by atoms with Gasteiger partial charge in [0, 0.05) is 42.7 Å². The predicted octanol–water partition coefficient (Wildman–Crippen LogP) is 6.76. The van der Waals surface area contributed by atoms with E-state index in [2.05, 4.69) is 52.7 Å². The average molecular weight is 477 g/mol. The predicted molar refractivity (Wildman–Crippen MR) is 139 cm³/mol. The van der Waals surface area contributed by atoms with Crippen molar-refractivity contribution in [1.29, 1.82) is 0 Å². The molecule has 3 heterocycles. The number of hydrogen-bond acceptors (Lipinski definition) is 5. The molecule has 168 valence electrons. The zero-order valence-corrected chi connectivity index (χ0v) is 19.7. The molecule has 1 N–H and O–H groups in total. The summed E-state index contributed by atoms with van der Waals surface area (Å²) in [7, 11) is 0. The molecule has 1 fully saturated rings. The van der Waals surface area contributed by atoms with Crippen molar-refractivity contribution >= 4 is 45.7 Å². The Balaban J connectivity index is 1.27. The number of hydrogen-bond donors (Lipinski definition) is 1. The molecule has 0 bridgehead atoms. The van der Waals surface area contributed by atoms with E-state index in [4.69, 9.17) is 16.0 Å². The minimum atomic E-state index is -0.338. The lowest BCUT2D eigenvalue weighted by Crippen LogP contribution is -2.39. The summed E-state index contributed by atoms with van der Waals surface area (Å²) in [4.78, 5) is 14.6. The molecular formula is C27H25ClN2O2S. The summed E-state index contributed by atoms with van der Waals surface area (Å²) in [6.45, 7) is 2.99. The molecule has 6 heteroatoms. The summed E-state index contributed by atoms with van der Waals surface area (Å²) >= 11 is 7.86. The van der Waals surface area contributed by atoms with Gasteiger partial charge in [-0.25, -0.2) is 4.79 Å². The van der Waals surface area contributed by atoms with Crippen molar-refractivity contribution < 1.29 is 4.42 Å². The van der Waals surface area contributed by atoms with Crippen LogP contribution in [0.5, 0.6) is 0 Å². The van der Waals surface area contributed by atoms with Crippen LogP contribution in [0.3, 0.4) is 0 Å². The molecule has 4 nitrogen and oxygen atoms in total. The third kappa shape index (κ3) is 5.22. The lowest BCUT2D eigenvalue weighted by molar-refractivity contribution is 0.240. The topological polar surface area (TPSA) is 45.5 Å². The van der Waals surface area contributed by atoms with Crippen molar-refractivity contribution in [3.63, 3.8) is 0 Å². The first-order chi connectivity index (χ1) is 16.2. The number of nitrogens with one attached hydrogen (secondary N) is 1. The van der Waals surface area contributed by atoms with E-state index in [9.17, 15) is 4.79 Å². The Morgan fingerprint density at radius 1 is 1.09 bits per heavy atom. The molecule has 33 heavy (non-hydrogen) atoms. The molecule has 5 rings (SSSR count). The van der Waals surface area contributed by atoms with E-state index in [0.29, 0.717) is 11.6 Å². The maximum Gasteiger partial charge on any atom is 0.338 e. The first-order valence-corrected chi connectivity index (χ1v) is 12.4. The number of halogens is 1. The molecule has 1 aliphatic rings. The smallest absolute Gasteiger partial charge is 0.338 e. The summed E-state index contributed by atoms with van der Waals surface area (Å²) in [5.74, 6) is 0. The normalized spacial score (nSPS) is 15.4. The van der Waals surface area contributed by atoms with E-state index in [0.717, 1.165) is 59.0 Å². The maximum atomic E-state index is 12.2. The number of thiophene rings is 1. The van der Waals surface area contributed by atoms with Crippen molar-refractivity contribution in [3.8, 4) is 11.1 Å². The van der Waals surface area contributed by atoms with Crippen molar-refractivity contribution in [2.24, 2.45) is 0 Å². The fraction of sp³-hybridized carbons (Fsp3) is 0.222. The maximum absolute atomic E-state index is 12.2. The van der Waals surface area contributed by atoms with Gasteiger partial charge in [0.1, 0.15) is 9.92 Å². The minimum Gasteiger partial charge on any atom is -0.423 e. The highest BCUT2D eigenvalue weighted by atomic mass is 35.5. The van der Waals surface area contributed by atoms with Gasteiger partial charge in [0.05, 0.1) is 5.69 Å². The fourth-order valence-electron chi connectivity index (χ4n) is 4.33. The monoisotopic (exact) mass is 476 g/mol. The van der Waals surface area contributed by atoms with Gasteiger partial charge >= 0.3 is 5.63 Å². The average Bonchev–Trinajstić information content (AvgIpc) is 3.26. The van der Waals surface area contributed by atoms with Gasteiger partial charge in [0.2, 0.25) is 0 Å². The third-order valence-corrected chi connectivity index (χ3v) is 7.26. The van der Waals surface area contributed by atoms with Gasteiger partial charge in [-0.2, -0.15) is 0 Å². The van der Waals surface area contributed by atoms with Gasteiger partial charge in [-0.1, -0.05) is 60.2 Å². The van der Waals surface area contributed by atoms with Gasteiger partial charge in [-0.3, -0.25) is 4.90 Å². The summed E-state index contributed by atoms with van der Waals surface area (Å²) in [6.07, 6.45) is 6.46. The molecule has 2 aromatic heterocycles. The Morgan fingerprint density at radius 3 is 2.67 bits per heavy atom. The lowest BCUT2D eigenvalue weighted by atomic mass is 10.0. The Hall–Kier alpha value is -2.86. The van der Waals surface area contributed by atoms with E-state index < -0.39 is 0 Å². The van der Waals surface area contributed by atoms with Gasteiger partial charge < -0.3 is 9.73 Å². The molecule has 0 radical (unpaired) electrons. The number of likely N-dealkylation sites (tertiary alicyclic amines) is 1. The largest absolute Gasteiger partial charge is 0.423 e. The molecule has 0 spiro atoms. The molecule has 0 saturated carbocycles. The first kappa shape index (κ1) is 22.0. The van der Waals surface area contributed by atoms with Crippen LogP contribution in [0.1, 0.15) is 18.4 Å². The lowest BCUT2D eigenvalue weighted by Gasteiger charge is -2.32. The first-order valence-electron chi connectivity index (χ1n) is 11.2. The molecule has 2 aromatic carbocycles. The van der Waals surface area contributed by atoms with Crippen LogP contribution in [0.4, 0.5) is 5.69 Å². The molecule has 4 aromatic rings. The van der Waals surface area contributed by atoms with Crippen LogP contribution in [0.15, 0.2) is 81.3 Å². The zero-order chi connectivity index (χ0) is 22.6. The molecule has 0 aliphatic carbocycles. The number of fused-ring (bicyclic) bond motifs is 1. The number of nitrogens with zero attached hydrogens (tertiary/aromatic N) is 1. The number of piperidine rings is 1. The second kappa shape index (κ2) is 9.96. The van der Waals surface area contributed by atoms with Crippen LogP contribution in [0.25, 0.3) is 28.2 Å². The number of anilines is 1. The van der Waals surface area contributed by atoms with Crippen LogP contribution in [-0.4, -0.2) is 30.6 Å². The number of rotatable bonds is 6. The highest BCUT2D eigenvalue weighted by molar-refractivity contribution is 7.15. The molecule has 0 atom stereocenters. The van der Waals surface area contributed by atoms with Crippen molar-refractivity contribution in [2.75, 3.05) is 25.0 Å². The minimum absolute atomic E-state index is 0.317. The van der Waals surface area contributed by atoms with E-state index in [1.54, 1.807) is 6.07 Å². The second-order valence-electron chi connectivity index (χ2n) is 8.33. The SMILES string of the molecule is O=c1cc(NC2CCN(CC=Cc3ccccc3)CC2)c2cc(-c3ccsc3Cl)ccc2o1. The van der Waals surface area contributed by atoms with Crippen molar-refractivity contribution in [2.45, 2.75) is 18.9 Å². The van der Waals surface area contributed by atoms with Crippen LogP contribution < -0.4 is 10.9 Å². The Kier molecular flexibility index (Phi) is 6.63. The van der Waals surface area contributed by atoms with Gasteiger partial charge in [-0.05, 0) is 47.5 Å². The van der Waals surface area contributed by atoms with E-state index in [-0.39, 0.29) is 5.63 Å². The summed E-state index contributed by atoms with van der Waals surface area (Å²) in [6, 6.07) is 20.1. The van der Waals surface area contributed by atoms with E-state index in [1.807, 2.05) is 29.6 Å². The van der Waals surface area contributed by atoms with Crippen LogP contribution in [0.2, 0.25) is 4.34 Å². The van der Waals surface area contributed by atoms with Gasteiger partial charge in [0.15, 0.2) is 0 Å². The van der Waals surface area contributed by atoms with Crippen molar-refractivity contribution in [3.05, 3.63) is 92.4 Å². The molecule has 0 unspecified atom stereocenters. The van der Waals surface area contributed by atoms with E-state index >= 15 is 0 Å². The summed E-state index contributed by atoms with van der Waals surface area (Å²) in [5.41, 5.74) is 4.32. The Labute approximate surface area is 202 Å². The summed E-state index contributed by atoms with van der Waals surface area (Å²) in [5, 5.41) is 6.51. The molecule has 1 aliphatic heterocycles. The summed E-state index contributed by atoms with van der Waals surface area (Å²) < 4.78 is 6.21. The van der Waals surface area contributed by atoms with Crippen LogP contribution >= 0.6 is 22.9 Å². The van der Waals surface area contributed by atoms with Crippen LogP contribution in [-0.2, 0) is 0 Å². The molecular weight excluding hydrogens is 452 g/mol. The zero-order valence-electron chi connectivity index (χ0n) is 18.2. The molecule has 1 saturated heterocycles. The van der Waals surface area contributed by atoms with Gasteiger partial charge in [0.25, 0.3) is 0 Å². The highest BCUT2D eigenvalue weighted by Gasteiger charge is 2.20. The Bertz CT molecular complexity index is 1320. The van der Waals surface area contributed by atoms with Crippen molar-refractivity contribution in [1.82, 2.24) is 4.90 Å². The van der Waals surface area contributed by atoms with Crippen LogP contribution in [0, 0.1) is 0 Å². The Morgan fingerprint density at radius 2 is 1.91 bits per heavy atom. The third-order valence-electron chi connectivity index (χ3n) is 6.09. The standard InChI is InChI=1S/C27H25ClN2O2S/c28-27-22(12-16-33-27)20-8-9-25-23(17-20)24(18-26(31)32-25)29-21-10-14-30(15-11-21)13-4-7-19-5-2-1-3-6-19/h1-9,12,16-18,21,29H,10-11,13-15H2. The molecule has 0 amide bonds. The quantitative estimate of drug-likeness (QED) is 0.312. The second-order valence-corrected chi connectivity index (χ2v) is 9.85. The fourth-order valence-corrected chi connectivity index (χ4v) is 5.30. The highest BCUT2D eigenvalue weighted by Crippen LogP contribution is 2.35.